The number of phenolic OH excluding ortho intramolecular Hbond substituents is 3. The van der Waals surface area contributed by atoms with E-state index < -0.39 is 0 Å². The van der Waals surface area contributed by atoms with Gasteiger partial charge in [0.05, 0.1) is 14.2 Å². The van der Waals surface area contributed by atoms with Crippen LogP contribution in [-0.2, 0) is 0 Å². The van der Waals surface area contributed by atoms with Gasteiger partial charge in [0, 0.05) is 22.2 Å². The molecule has 3 N–H and O–H groups in total. The Labute approximate surface area is 120 Å². The van der Waals surface area contributed by atoms with Crippen LogP contribution in [0.5, 0.6) is 28.7 Å². The molecule has 0 aliphatic carbocycles. The van der Waals surface area contributed by atoms with Crippen molar-refractivity contribution in [2.45, 2.75) is 0 Å². The number of aromatic hydroxyl groups is 3. The van der Waals surface area contributed by atoms with Crippen molar-refractivity contribution in [3.8, 4) is 28.7 Å². The number of hydrogen-bond donors (Lipinski definition) is 3. The smallest absolute Gasteiger partial charge is 0.203 e. The number of benzene rings is 3. The zero-order valence-corrected chi connectivity index (χ0v) is 11.5. The van der Waals surface area contributed by atoms with Gasteiger partial charge in [0.15, 0.2) is 11.5 Å². The molecule has 3 aromatic rings. The van der Waals surface area contributed by atoms with Crippen LogP contribution in [0.4, 0.5) is 0 Å². The van der Waals surface area contributed by atoms with E-state index in [1.54, 1.807) is 18.2 Å². The molecule has 0 radical (unpaired) electrons. The molecular weight excluding hydrogens is 272 g/mol. The third-order valence-corrected chi connectivity index (χ3v) is 3.49. The average molecular weight is 286 g/mol. The summed E-state index contributed by atoms with van der Waals surface area (Å²) >= 11 is 0. The average Bonchev–Trinajstić information content (AvgIpc) is 2.44. The molecule has 0 spiro atoms. The van der Waals surface area contributed by atoms with Crippen LogP contribution in [0.25, 0.3) is 21.5 Å². The lowest BCUT2D eigenvalue weighted by atomic mass is 9.99. The lowest BCUT2D eigenvalue weighted by Crippen LogP contribution is -1.93. The van der Waals surface area contributed by atoms with Crippen molar-refractivity contribution in [1.29, 1.82) is 0 Å². The van der Waals surface area contributed by atoms with Gasteiger partial charge in [-0.25, -0.2) is 0 Å². The van der Waals surface area contributed by atoms with Crippen LogP contribution in [0, 0.1) is 0 Å². The first kappa shape index (κ1) is 13.2. The van der Waals surface area contributed by atoms with E-state index in [0.717, 1.165) is 0 Å². The Hall–Kier alpha value is -2.82. The zero-order chi connectivity index (χ0) is 15.1. The second kappa shape index (κ2) is 4.63. The standard InChI is InChI=1S/C16H14O5/c1-20-15-10-4-3-8-5-9(17)6-12(18)14(8)11(10)7-13(19)16(15)21-2/h3-7,17-19H,1-2H3. The van der Waals surface area contributed by atoms with Gasteiger partial charge in [0.25, 0.3) is 0 Å². The highest BCUT2D eigenvalue weighted by Gasteiger charge is 2.17. The SMILES string of the molecule is COc1c(O)cc2c(ccc3cc(O)cc(O)c32)c1OC. The first-order valence-electron chi connectivity index (χ1n) is 6.29. The molecular formula is C16H14O5. The van der Waals surface area contributed by atoms with Crippen molar-refractivity contribution in [3.63, 3.8) is 0 Å². The predicted molar refractivity (Wildman–Crippen MR) is 79.6 cm³/mol. The zero-order valence-electron chi connectivity index (χ0n) is 11.5. The Morgan fingerprint density at radius 1 is 0.762 bits per heavy atom. The molecule has 5 heteroatoms. The molecule has 0 fully saturated rings. The number of fused-ring (bicyclic) bond motifs is 3. The second-order valence-electron chi connectivity index (χ2n) is 4.69. The van der Waals surface area contributed by atoms with Gasteiger partial charge in [0.2, 0.25) is 5.75 Å². The maximum Gasteiger partial charge on any atom is 0.203 e. The summed E-state index contributed by atoms with van der Waals surface area (Å²) in [6, 6.07) is 7.86. The molecule has 3 aromatic carbocycles. The molecule has 0 aliphatic rings. The molecule has 0 heterocycles. The lowest BCUT2D eigenvalue weighted by Gasteiger charge is -2.14. The van der Waals surface area contributed by atoms with E-state index in [1.807, 2.05) is 0 Å². The summed E-state index contributed by atoms with van der Waals surface area (Å²) in [4.78, 5) is 0. The highest BCUT2D eigenvalue weighted by molar-refractivity contribution is 6.13. The fourth-order valence-electron chi connectivity index (χ4n) is 2.64. The summed E-state index contributed by atoms with van der Waals surface area (Å²) in [6.07, 6.45) is 0. The van der Waals surface area contributed by atoms with E-state index in [4.69, 9.17) is 9.47 Å². The van der Waals surface area contributed by atoms with Gasteiger partial charge in [-0.15, -0.1) is 0 Å². The van der Waals surface area contributed by atoms with Gasteiger partial charge in [-0.1, -0.05) is 6.07 Å². The van der Waals surface area contributed by atoms with E-state index in [1.165, 1.54) is 26.4 Å². The number of hydrogen-bond acceptors (Lipinski definition) is 5. The molecule has 0 unspecified atom stereocenters. The highest BCUT2D eigenvalue weighted by atomic mass is 16.5. The topological polar surface area (TPSA) is 79.2 Å². The molecule has 3 rings (SSSR count). The Morgan fingerprint density at radius 3 is 2.14 bits per heavy atom. The first-order chi connectivity index (χ1) is 10.1. The monoisotopic (exact) mass is 286 g/mol. The van der Waals surface area contributed by atoms with E-state index in [-0.39, 0.29) is 23.0 Å². The summed E-state index contributed by atoms with van der Waals surface area (Å²) < 4.78 is 10.5. The fourth-order valence-corrected chi connectivity index (χ4v) is 2.64. The summed E-state index contributed by atoms with van der Waals surface area (Å²) in [6.45, 7) is 0. The number of rotatable bonds is 2. The van der Waals surface area contributed by atoms with E-state index >= 15 is 0 Å². The molecule has 5 nitrogen and oxygen atoms in total. The Bertz CT molecular complexity index is 855. The third kappa shape index (κ3) is 1.86. The minimum absolute atomic E-state index is 0.0240. The Kier molecular flexibility index (Phi) is 2.90. The summed E-state index contributed by atoms with van der Waals surface area (Å²) in [7, 11) is 2.93. The van der Waals surface area contributed by atoms with Gasteiger partial charge >= 0.3 is 0 Å². The highest BCUT2D eigenvalue weighted by Crippen LogP contribution is 2.46. The Balaban J connectivity index is 2.55. The maximum atomic E-state index is 10.1. The minimum Gasteiger partial charge on any atom is -0.508 e. The predicted octanol–water partition coefficient (Wildman–Crippen LogP) is 3.13. The number of ether oxygens (including phenoxy) is 2. The third-order valence-electron chi connectivity index (χ3n) is 3.49. The molecule has 0 atom stereocenters. The van der Waals surface area contributed by atoms with Crippen LogP contribution in [0.15, 0.2) is 30.3 Å². The van der Waals surface area contributed by atoms with Crippen LogP contribution >= 0.6 is 0 Å². The fraction of sp³-hybridized carbons (Fsp3) is 0.125. The van der Waals surface area contributed by atoms with Gasteiger partial charge in [-0.3, -0.25) is 0 Å². The molecule has 108 valence electrons. The Morgan fingerprint density at radius 2 is 1.48 bits per heavy atom. The van der Waals surface area contributed by atoms with Crippen molar-refractivity contribution in [1.82, 2.24) is 0 Å². The maximum absolute atomic E-state index is 10.1. The summed E-state index contributed by atoms with van der Waals surface area (Å²) in [5, 5.41) is 32.3. The largest absolute Gasteiger partial charge is 0.508 e. The quantitative estimate of drug-likeness (QED) is 0.631. The minimum atomic E-state index is -0.0816. The van der Waals surface area contributed by atoms with Gasteiger partial charge in [-0.05, 0) is 23.6 Å². The van der Waals surface area contributed by atoms with Gasteiger partial charge < -0.3 is 24.8 Å². The van der Waals surface area contributed by atoms with Crippen LogP contribution in [0.3, 0.4) is 0 Å². The summed E-state index contributed by atoms with van der Waals surface area (Å²) in [5.41, 5.74) is 0. The van der Waals surface area contributed by atoms with Crippen molar-refractivity contribution in [2.24, 2.45) is 0 Å². The van der Waals surface area contributed by atoms with Crippen LogP contribution in [-0.4, -0.2) is 29.5 Å². The van der Waals surface area contributed by atoms with Crippen LogP contribution in [0.1, 0.15) is 0 Å². The summed E-state index contributed by atoms with van der Waals surface area (Å²) in [5.74, 6) is 0.456. The normalized spacial score (nSPS) is 11.0. The molecule has 0 saturated carbocycles. The van der Waals surface area contributed by atoms with Crippen molar-refractivity contribution in [2.75, 3.05) is 14.2 Å². The first-order valence-corrected chi connectivity index (χ1v) is 6.29. The molecule has 0 amide bonds. The number of methoxy groups -OCH3 is 2. The van der Waals surface area contributed by atoms with Crippen LogP contribution < -0.4 is 9.47 Å². The van der Waals surface area contributed by atoms with E-state index in [9.17, 15) is 15.3 Å². The van der Waals surface area contributed by atoms with Crippen molar-refractivity contribution in [3.05, 3.63) is 30.3 Å². The number of phenols is 3. The molecule has 0 saturated heterocycles. The van der Waals surface area contributed by atoms with Crippen molar-refractivity contribution >= 4 is 21.5 Å². The second-order valence-corrected chi connectivity index (χ2v) is 4.69. The van der Waals surface area contributed by atoms with Crippen molar-refractivity contribution < 1.29 is 24.8 Å². The lowest BCUT2D eigenvalue weighted by molar-refractivity contribution is 0.336. The van der Waals surface area contributed by atoms with Crippen LogP contribution in [0.2, 0.25) is 0 Å². The van der Waals surface area contributed by atoms with Gasteiger partial charge in [0.1, 0.15) is 11.5 Å². The molecule has 21 heavy (non-hydrogen) atoms. The molecule has 0 aromatic heterocycles. The van der Waals surface area contributed by atoms with Gasteiger partial charge in [-0.2, -0.15) is 0 Å². The molecule has 0 bridgehead atoms. The molecule has 0 aliphatic heterocycles. The van der Waals surface area contributed by atoms with E-state index in [0.29, 0.717) is 27.3 Å². The van der Waals surface area contributed by atoms with E-state index in [2.05, 4.69) is 0 Å².